The summed E-state index contributed by atoms with van der Waals surface area (Å²) in [5.74, 6) is -5.34. The van der Waals surface area contributed by atoms with Gasteiger partial charge in [-0.3, -0.25) is 4.79 Å². The fraction of sp³-hybridized carbons (Fsp3) is 0.250. The molecule has 9 rings (SSSR count). The molecule has 4 heterocycles. The van der Waals surface area contributed by atoms with Crippen LogP contribution in [0.1, 0.15) is 56.8 Å². The maximum Gasteiger partial charge on any atom is 0.335 e. The maximum atomic E-state index is 15.0. The van der Waals surface area contributed by atoms with Crippen LogP contribution in [0.2, 0.25) is 0 Å². The van der Waals surface area contributed by atoms with Crippen LogP contribution in [0.15, 0.2) is 97.1 Å². The zero-order valence-electron chi connectivity index (χ0n) is 43.9. The highest BCUT2D eigenvalue weighted by Crippen LogP contribution is 2.42. The molecule has 2 aliphatic heterocycles. The van der Waals surface area contributed by atoms with Crippen molar-refractivity contribution in [3.63, 3.8) is 0 Å². The summed E-state index contributed by atoms with van der Waals surface area (Å²) in [6.07, 6.45) is 1.16. The lowest BCUT2D eigenvalue weighted by molar-refractivity contribution is 0.0696. The van der Waals surface area contributed by atoms with Crippen molar-refractivity contribution in [1.82, 2.24) is 40.4 Å². The molecule has 79 heavy (non-hydrogen) atoms. The Hall–Kier alpha value is -9.09. The first-order valence-corrected chi connectivity index (χ1v) is 25.1. The second kappa shape index (κ2) is 24.5. The first kappa shape index (κ1) is 56.1. The Morgan fingerprint density at radius 3 is 1.42 bits per heavy atom. The van der Waals surface area contributed by atoms with E-state index in [9.17, 15) is 46.2 Å². The highest BCUT2D eigenvalue weighted by molar-refractivity contribution is 6.06. The Kier molecular flexibility index (Phi) is 17.4. The number of carbonyl (C=O) groups excluding carboxylic acids is 3. The third kappa shape index (κ3) is 12.5. The fourth-order valence-electron chi connectivity index (χ4n) is 8.75. The number of benzene rings is 5. The number of aromatic carboxylic acids is 1. The third-order valence-corrected chi connectivity index (χ3v) is 12.7. The highest BCUT2D eigenvalue weighted by atomic mass is 19.1. The number of halogens is 5. The van der Waals surface area contributed by atoms with Gasteiger partial charge in [0.25, 0.3) is 5.91 Å². The molecule has 0 aliphatic carbocycles. The number of rotatable bonds is 17. The molecule has 0 saturated carbocycles. The average Bonchev–Trinajstić information content (AvgIpc) is 3.58. The average molecular weight is 1090 g/mol. The Morgan fingerprint density at radius 1 is 0.595 bits per heavy atom. The number of likely N-dealkylation sites (N-methyl/N-ethyl adjacent to an activating group) is 2. The van der Waals surface area contributed by atoms with E-state index in [-0.39, 0.29) is 42.2 Å². The fourth-order valence-corrected chi connectivity index (χ4v) is 8.75. The smallest absolute Gasteiger partial charge is 0.335 e. The molecular weight excluding hydrogens is 1030 g/mol. The van der Waals surface area contributed by atoms with Gasteiger partial charge < -0.3 is 41.5 Å². The summed E-state index contributed by atoms with van der Waals surface area (Å²) in [7, 11) is 7.62. The summed E-state index contributed by atoms with van der Waals surface area (Å²) in [4.78, 5) is 75.0. The van der Waals surface area contributed by atoms with Gasteiger partial charge in [0.1, 0.15) is 40.5 Å². The summed E-state index contributed by atoms with van der Waals surface area (Å²) < 4.78 is 72.9. The first-order chi connectivity index (χ1) is 37.9. The molecule has 5 amide bonds. The molecule has 0 unspecified atom stereocenters. The summed E-state index contributed by atoms with van der Waals surface area (Å²) in [5, 5.41) is 23.9. The molecule has 0 saturated heterocycles. The molecule has 0 bridgehead atoms. The van der Waals surface area contributed by atoms with Crippen molar-refractivity contribution in [3.8, 4) is 22.5 Å². The Balaban J connectivity index is 0.000000211. The van der Waals surface area contributed by atoms with Crippen LogP contribution in [0, 0.1) is 29.1 Å². The Morgan fingerprint density at radius 2 is 1.01 bits per heavy atom. The van der Waals surface area contributed by atoms with E-state index in [1.165, 1.54) is 48.5 Å². The lowest BCUT2D eigenvalue weighted by Gasteiger charge is -2.31. The van der Waals surface area contributed by atoms with Gasteiger partial charge in [-0.1, -0.05) is 38.1 Å². The number of aryl methyl sites for hydroxylation is 2. The topological polar surface area (TPSA) is 213 Å². The van der Waals surface area contributed by atoms with Crippen LogP contribution in [-0.2, 0) is 25.9 Å². The first-order valence-electron chi connectivity index (χ1n) is 25.1. The number of carbonyl (C=O) groups is 4. The van der Waals surface area contributed by atoms with Gasteiger partial charge in [0, 0.05) is 59.7 Å². The van der Waals surface area contributed by atoms with E-state index < -0.39 is 64.4 Å². The lowest BCUT2D eigenvalue weighted by atomic mass is 9.95. The minimum absolute atomic E-state index is 0.00545. The summed E-state index contributed by atoms with van der Waals surface area (Å²) in [6, 6.07) is 20.5. The van der Waals surface area contributed by atoms with Crippen molar-refractivity contribution in [2.75, 3.05) is 80.1 Å². The number of anilines is 7. The van der Waals surface area contributed by atoms with E-state index in [0.717, 1.165) is 45.2 Å². The van der Waals surface area contributed by atoms with Crippen molar-refractivity contribution in [1.29, 1.82) is 0 Å². The van der Waals surface area contributed by atoms with Crippen LogP contribution in [-0.4, -0.2) is 113 Å². The second-order valence-corrected chi connectivity index (χ2v) is 18.7. The zero-order valence-corrected chi connectivity index (χ0v) is 43.9. The van der Waals surface area contributed by atoms with Crippen LogP contribution in [0.3, 0.4) is 0 Å². The number of nitrogens with zero attached hydrogens (tertiary/aromatic N) is 8. The summed E-state index contributed by atoms with van der Waals surface area (Å²) in [6.45, 7) is 6.05. The lowest BCUT2D eigenvalue weighted by Crippen LogP contribution is -2.43. The van der Waals surface area contributed by atoms with E-state index in [1.54, 1.807) is 24.3 Å². The van der Waals surface area contributed by atoms with E-state index in [2.05, 4.69) is 41.5 Å². The van der Waals surface area contributed by atoms with E-state index >= 15 is 0 Å². The maximum absolute atomic E-state index is 15.0. The molecule has 5 aromatic carbocycles. The molecule has 6 N–H and O–H groups in total. The predicted molar refractivity (Wildman–Crippen MR) is 291 cm³/mol. The standard InChI is InChI=1S/C31H30F3N7O2.C25H26F2N6O3/c1-4-18-8-9-19(29(42)37-21-12-10-20(32)11-13-21)16-22(18)26-23-17-36-31(43)41(27-24(33)6-5-7-25(27)34)28(23)39-30(38-26)35-14-15-40(2)3;1-4-14-8-9-15(23(34)35)12-16(14)20-17-13-29-25(36)33(21-18(26)6-5-7-19(21)27)22(17)31-24(30-20)28-10-11-32(2)3/h5-13,16H,4,14-15,17H2,1-3H3,(H,36,43)(H,37,42)(H,35,38,39);5-9,12H,4,10-11,13H2,1-3H3,(H,29,36)(H,34,35)(H,28,30,31). The molecule has 410 valence electrons. The minimum atomic E-state index is -1.10. The van der Waals surface area contributed by atoms with Gasteiger partial charge in [-0.2, -0.15) is 9.97 Å². The van der Waals surface area contributed by atoms with Gasteiger partial charge in [-0.05, 0) is 125 Å². The van der Waals surface area contributed by atoms with Gasteiger partial charge in [-0.15, -0.1) is 0 Å². The number of carboxylic acids is 1. The molecule has 2 aliphatic rings. The Bertz CT molecular complexity index is 3420. The summed E-state index contributed by atoms with van der Waals surface area (Å²) in [5.41, 5.74) is 4.06. The quantitative estimate of drug-likeness (QED) is 0.0470. The van der Waals surface area contributed by atoms with Crippen molar-refractivity contribution in [3.05, 3.63) is 160 Å². The molecule has 0 radical (unpaired) electrons. The van der Waals surface area contributed by atoms with Gasteiger partial charge in [0.2, 0.25) is 11.9 Å². The zero-order chi connectivity index (χ0) is 56.7. The molecular formula is C56H56F5N13O5. The normalized spacial score (nSPS) is 12.8. The number of carboxylic acid groups (broad SMARTS) is 1. The molecule has 7 aromatic rings. The molecule has 0 spiro atoms. The number of aromatic nitrogens is 4. The van der Waals surface area contributed by atoms with Gasteiger partial charge in [0.15, 0.2) is 11.6 Å². The number of nitrogens with one attached hydrogen (secondary N) is 5. The van der Waals surface area contributed by atoms with Crippen molar-refractivity contribution in [2.45, 2.75) is 39.8 Å². The number of hydrogen-bond acceptors (Lipinski definition) is 12. The van der Waals surface area contributed by atoms with Crippen LogP contribution in [0.5, 0.6) is 0 Å². The van der Waals surface area contributed by atoms with E-state index in [4.69, 9.17) is 4.98 Å². The van der Waals surface area contributed by atoms with E-state index in [0.29, 0.717) is 83.9 Å². The number of urea groups is 2. The number of fused-ring (bicyclic) bond motifs is 2. The van der Waals surface area contributed by atoms with Crippen LogP contribution < -0.4 is 36.4 Å². The largest absolute Gasteiger partial charge is 0.478 e. The minimum Gasteiger partial charge on any atom is -0.478 e. The molecule has 18 nitrogen and oxygen atoms in total. The van der Waals surface area contributed by atoms with Gasteiger partial charge >= 0.3 is 18.0 Å². The van der Waals surface area contributed by atoms with E-state index in [1.807, 2.05) is 51.8 Å². The second-order valence-electron chi connectivity index (χ2n) is 18.7. The molecule has 0 fully saturated rings. The number of amides is 5. The summed E-state index contributed by atoms with van der Waals surface area (Å²) >= 11 is 0. The molecule has 0 atom stereocenters. The predicted octanol–water partition coefficient (Wildman–Crippen LogP) is 9.73. The molecule has 2 aromatic heterocycles. The SMILES string of the molecule is CCc1ccc(C(=O)Nc2ccc(F)cc2)cc1-c1nc(NCCN(C)C)nc2c1CNC(=O)N2c1c(F)cccc1F.CCc1ccc(C(=O)O)cc1-c1nc(NCCN(C)C)nc2c1CNC(=O)N2c1c(F)cccc1F. The van der Waals surface area contributed by atoms with Crippen LogP contribution >= 0.6 is 0 Å². The Labute approximate surface area is 451 Å². The monoisotopic (exact) mass is 1090 g/mol. The highest BCUT2D eigenvalue weighted by Gasteiger charge is 2.36. The number of para-hydroxylation sites is 2. The van der Waals surface area contributed by atoms with Crippen LogP contribution in [0.25, 0.3) is 22.5 Å². The van der Waals surface area contributed by atoms with Gasteiger partial charge in [0.05, 0.1) is 30.0 Å². The molecule has 23 heteroatoms. The van der Waals surface area contributed by atoms with Crippen molar-refractivity contribution in [2.24, 2.45) is 0 Å². The number of hydrogen-bond donors (Lipinski definition) is 6. The van der Waals surface area contributed by atoms with Crippen molar-refractivity contribution >= 4 is 64.5 Å². The van der Waals surface area contributed by atoms with Crippen LogP contribution in [0.4, 0.5) is 72.1 Å². The third-order valence-electron chi connectivity index (χ3n) is 12.7. The van der Waals surface area contributed by atoms with Gasteiger partial charge in [-0.25, -0.2) is 56.1 Å². The van der Waals surface area contributed by atoms with Crippen molar-refractivity contribution < 1.29 is 46.2 Å².